The van der Waals surface area contributed by atoms with Crippen LogP contribution in [0.1, 0.15) is 25.0 Å². The molecule has 1 amide bonds. The van der Waals surface area contributed by atoms with Crippen molar-refractivity contribution >= 4 is 21.7 Å². The van der Waals surface area contributed by atoms with E-state index in [-0.39, 0.29) is 30.4 Å². The number of carbonyl (C=O) groups is 1. The number of nitrogens with one attached hydrogen (secondary N) is 1. The van der Waals surface area contributed by atoms with Gasteiger partial charge in [-0.25, -0.2) is 0 Å². The molecule has 0 aromatic heterocycles. The average molecular weight is 405 g/mol. The van der Waals surface area contributed by atoms with Crippen molar-refractivity contribution < 1.29 is 26.9 Å². The van der Waals surface area contributed by atoms with Crippen LogP contribution in [0.15, 0.2) is 41.3 Å². The first-order valence-electron chi connectivity index (χ1n) is 9.14. The van der Waals surface area contributed by atoms with E-state index in [4.69, 9.17) is 13.7 Å². The number of hydrogen-bond acceptors (Lipinski definition) is 6. The highest BCUT2D eigenvalue weighted by Gasteiger charge is 2.31. The molecule has 1 atom stereocenters. The van der Waals surface area contributed by atoms with Crippen molar-refractivity contribution in [2.24, 2.45) is 0 Å². The van der Waals surface area contributed by atoms with Gasteiger partial charge < -0.3 is 14.8 Å². The second kappa shape index (κ2) is 8.20. The molecule has 1 N–H and O–H groups in total. The molecule has 1 unspecified atom stereocenters. The summed E-state index contributed by atoms with van der Waals surface area (Å²) in [4.78, 5) is 11.7. The molecule has 4 rings (SSSR count). The van der Waals surface area contributed by atoms with Gasteiger partial charge >= 0.3 is 0 Å². The van der Waals surface area contributed by atoms with Gasteiger partial charge in [-0.2, -0.15) is 8.42 Å². The van der Waals surface area contributed by atoms with Crippen LogP contribution in [0.4, 0.5) is 5.69 Å². The summed E-state index contributed by atoms with van der Waals surface area (Å²) in [5.74, 6) is 0.892. The lowest BCUT2D eigenvalue weighted by atomic mass is 10.1. The first-order chi connectivity index (χ1) is 13.4. The van der Waals surface area contributed by atoms with Gasteiger partial charge in [-0.1, -0.05) is 31.5 Å². The Morgan fingerprint density at radius 3 is 2.57 bits per heavy atom. The lowest BCUT2D eigenvalue weighted by Gasteiger charge is -2.27. The van der Waals surface area contributed by atoms with Crippen molar-refractivity contribution in [2.75, 3.05) is 18.5 Å². The van der Waals surface area contributed by atoms with Gasteiger partial charge in [0.05, 0.1) is 11.3 Å². The largest absolute Gasteiger partial charge is 0.486 e. The predicted octanol–water partition coefficient (Wildman–Crippen LogP) is 3.06. The minimum atomic E-state index is -3.88. The SMILES string of the molecule is CC.Cc1ccc(S(=O)(=O)OCC2COc3ccc4c(c3O2)CC(=O)N4)cc1. The highest BCUT2D eigenvalue weighted by atomic mass is 32.2. The minimum Gasteiger partial charge on any atom is -0.486 e. The van der Waals surface area contributed by atoms with Crippen molar-refractivity contribution in [3.05, 3.63) is 47.5 Å². The first-order valence-corrected chi connectivity index (χ1v) is 10.5. The van der Waals surface area contributed by atoms with Gasteiger partial charge in [0.1, 0.15) is 13.2 Å². The Bertz CT molecular complexity index is 969. The van der Waals surface area contributed by atoms with E-state index < -0.39 is 16.2 Å². The summed E-state index contributed by atoms with van der Waals surface area (Å²) in [6.07, 6.45) is -0.387. The van der Waals surface area contributed by atoms with E-state index in [1.54, 1.807) is 24.3 Å². The van der Waals surface area contributed by atoms with E-state index in [9.17, 15) is 13.2 Å². The highest BCUT2D eigenvalue weighted by Crippen LogP contribution is 2.42. The smallest absolute Gasteiger partial charge is 0.297 e. The summed E-state index contributed by atoms with van der Waals surface area (Å²) in [6.45, 7) is 5.86. The molecule has 7 nitrogen and oxygen atoms in total. The zero-order valence-electron chi connectivity index (χ0n) is 16.0. The van der Waals surface area contributed by atoms with E-state index in [0.717, 1.165) is 11.1 Å². The second-order valence-corrected chi connectivity index (χ2v) is 7.86. The number of fused-ring (bicyclic) bond motifs is 3. The summed E-state index contributed by atoms with van der Waals surface area (Å²) in [6, 6.07) is 9.91. The standard InChI is InChI=1S/C18H17NO6S.C2H6/c1-11-2-4-13(5-3-11)26(21,22)24-10-12-9-23-16-7-6-15-14(18(16)25-12)8-17(20)19-15;1-2/h2-7,12H,8-10H2,1H3,(H,19,20);1-2H3. The summed E-state index contributed by atoms with van der Waals surface area (Å²) in [7, 11) is -3.88. The van der Waals surface area contributed by atoms with Crippen molar-refractivity contribution in [2.45, 2.75) is 38.2 Å². The normalized spacial score (nSPS) is 17.2. The maximum absolute atomic E-state index is 12.3. The Morgan fingerprint density at radius 1 is 1.14 bits per heavy atom. The number of amides is 1. The maximum Gasteiger partial charge on any atom is 0.297 e. The lowest BCUT2D eigenvalue weighted by Crippen LogP contribution is -2.34. The molecule has 0 fully saturated rings. The zero-order chi connectivity index (χ0) is 20.3. The third kappa shape index (κ3) is 4.13. The van der Waals surface area contributed by atoms with E-state index in [1.807, 2.05) is 20.8 Å². The van der Waals surface area contributed by atoms with Crippen LogP contribution in [0.5, 0.6) is 11.5 Å². The van der Waals surface area contributed by atoms with E-state index in [1.165, 1.54) is 12.1 Å². The quantitative estimate of drug-likeness (QED) is 0.786. The van der Waals surface area contributed by atoms with Crippen LogP contribution in [-0.2, 0) is 25.5 Å². The molecule has 8 heteroatoms. The molecule has 150 valence electrons. The van der Waals surface area contributed by atoms with Crippen molar-refractivity contribution in [1.29, 1.82) is 0 Å². The number of hydrogen-bond donors (Lipinski definition) is 1. The molecule has 0 saturated carbocycles. The van der Waals surface area contributed by atoms with E-state index in [0.29, 0.717) is 17.2 Å². The van der Waals surface area contributed by atoms with Crippen molar-refractivity contribution in [3.63, 3.8) is 0 Å². The number of anilines is 1. The molecule has 2 aromatic rings. The fourth-order valence-electron chi connectivity index (χ4n) is 2.90. The molecule has 2 heterocycles. The Labute approximate surface area is 164 Å². The fraction of sp³-hybridized carbons (Fsp3) is 0.350. The highest BCUT2D eigenvalue weighted by molar-refractivity contribution is 7.86. The molecular formula is C20H23NO6S. The minimum absolute atomic E-state index is 0.0934. The Balaban J connectivity index is 0.00000109. The van der Waals surface area contributed by atoms with Crippen molar-refractivity contribution in [3.8, 4) is 11.5 Å². The summed E-state index contributed by atoms with van der Waals surface area (Å²) >= 11 is 0. The molecule has 0 aliphatic carbocycles. The van der Waals surface area contributed by atoms with Crippen LogP contribution in [-0.4, -0.2) is 33.6 Å². The van der Waals surface area contributed by atoms with Crippen molar-refractivity contribution in [1.82, 2.24) is 0 Å². The molecule has 0 bridgehead atoms. The summed E-state index contributed by atoms with van der Waals surface area (Å²) < 4.78 is 41.2. The Kier molecular flexibility index (Phi) is 5.90. The molecule has 0 saturated heterocycles. The number of rotatable bonds is 4. The molecule has 2 aliphatic rings. The topological polar surface area (TPSA) is 90.9 Å². The van der Waals surface area contributed by atoms with Crippen LogP contribution in [0.2, 0.25) is 0 Å². The van der Waals surface area contributed by atoms with Gasteiger partial charge in [0.25, 0.3) is 10.1 Å². The van der Waals surface area contributed by atoms with Gasteiger partial charge in [0.15, 0.2) is 17.6 Å². The Morgan fingerprint density at radius 2 is 1.86 bits per heavy atom. The molecule has 0 radical (unpaired) electrons. The zero-order valence-corrected chi connectivity index (χ0v) is 16.8. The monoisotopic (exact) mass is 405 g/mol. The second-order valence-electron chi connectivity index (χ2n) is 6.25. The summed E-state index contributed by atoms with van der Waals surface area (Å²) in [5, 5.41) is 2.74. The Hall–Kier alpha value is -2.58. The van der Waals surface area contributed by atoms with Gasteiger partial charge in [-0.15, -0.1) is 0 Å². The number of ether oxygens (including phenoxy) is 2. The van der Waals surface area contributed by atoms with Crippen LogP contribution in [0.25, 0.3) is 0 Å². The number of aryl methyl sites for hydroxylation is 1. The lowest BCUT2D eigenvalue weighted by molar-refractivity contribution is -0.115. The third-order valence-corrected chi connectivity index (χ3v) is 5.56. The van der Waals surface area contributed by atoms with E-state index >= 15 is 0 Å². The first kappa shape index (κ1) is 20.2. The third-order valence-electron chi connectivity index (χ3n) is 4.26. The molecular weight excluding hydrogens is 382 g/mol. The maximum atomic E-state index is 12.3. The average Bonchev–Trinajstić information content (AvgIpc) is 3.09. The van der Waals surface area contributed by atoms with Crippen LogP contribution < -0.4 is 14.8 Å². The van der Waals surface area contributed by atoms with Crippen LogP contribution in [0, 0.1) is 6.92 Å². The van der Waals surface area contributed by atoms with Gasteiger partial charge in [0.2, 0.25) is 5.91 Å². The van der Waals surface area contributed by atoms with E-state index in [2.05, 4.69) is 5.32 Å². The fourth-order valence-corrected chi connectivity index (χ4v) is 3.84. The molecule has 2 aromatic carbocycles. The van der Waals surface area contributed by atoms with Gasteiger partial charge in [-0.3, -0.25) is 8.98 Å². The molecule has 0 spiro atoms. The molecule has 2 aliphatic heterocycles. The van der Waals surface area contributed by atoms with Gasteiger partial charge in [-0.05, 0) is 31.2 Å². The number of carbonyl (C=O) groups excluding carboxylic acids is 1. The molecule has 28 heavy (non-hydrogen) atoms. The summed E-state index contributed by atoms with van der Waals surface area (Å²) in [5.41, 5.74) is 2.37. The van der Waals surface area contributed by atoms with Gasteiger partial charge in [0, 0.05) is 11.3 Å². The van der Waals surface area contributed by atoms with Crippen LogP contribution >= 0.6 is 0 Å². The van der Waals surface area contributed by atoms with Crippen LogP contribution in [0.3, 0.4) is 0 Å². The number of benzene rings is 2. The predicted molar refractivity (Wildman–Crippen MR) is 104 cm³/mol.